The van der Waals surface area contributed by atoms with Gasteiger partial charge in [0.15, 0.2) is 0 Å². The molecule has 0 aromatic heterocycles. The third-order valence-electron chi connectivity index (χ3n) is 4.36. The van der Waals surface area contributed by atoms with E-state index in [-0.39, 0.29) is 0 Å². The van der Waals surface area contributed by atoms with Gasteiger partial charge in [0.25, 0.3) is 0 Å². The van der Waals surface area contributed by atoms with Crippen molar-refractivity contribution in [3.63, 3.8) is 0 Å². The predicted octanol–water partition coefficient (Wildman–Crippen LogP) is 4.74. The van der Waals surface area contributed by atoms with Crippen LogP contribution in [-0.4, -0.2) is 12.6 Å². The van der Waals surface area contributed by atoms with E-state index >= 15 is 0 Å². The summed E-state index contributed by atoms with van der Waals surface area (Å²) in [7, 11) is 0. The molecule has 2 rings (SSSR count). The fraction of sp³-hybridized carbons (Fsp3) is 0.667. The number of rotatable bonds is 9. The maximum atomic E-state index is 3.79. The van der Waals surface area contributed by atoms with E-state index in [9.17, 15) is 0 Å². The molecule has 0 aliphatic heterocycles. The van der Waals surface area contributed by atoms with Gasteiger partial charge in [0, 0.05) is 6.04 Å². The fourth-order valence-electron chi connectivity index (χ4n) is 3.15. The summed E-state index contributed by atoms with van der Waals surface area (Å²) >= 11 is 0. The van der Waals surface area contributed by atoms with Crippen molar-refractivity contribution in [1.29, 1.82) is 0 Å². The Morgan fingerprint density at radius 1 is 1.11 bits per heavy atom. The Bertz CT molecular complexity index is 346. The zero-order valence-electron chi connectivity index (χ0n) is 12.6. The first-order valence-electron chi connectivity index (χ1n) is 8.15. The second-order valence-electron chi connectivity index (χ2n) is 5.97. The molecular weight excluding hydrogens is 230 g/mol. The van der Waals surface area contributed by atoms with E-state index in [0.717, 1.165) is 17.9 Å². The summed E-state index contributed by atoms with van der Waals surface area (Å²) in [5.41, 5.74) is 1.55. The average molecular weight is 259 g/mol. The highest BCUT2D eigenvalue weighted by atomic mass is 14.9. The summed E-state index contributed by atoms with van der Waals surface area (Å²) in [4.78, 5) is 0. The van der Waals surface area contributed by atoms with Crippen LogP contribution in [0.3, 0.4) is 0 Å². The molecule has 19 heavy (non-hydrogen) atoms. The number of nitrogens with one attached hydrogen (secondary N) is 1. The highest BCUT2D eigenvalue weighted by molar-refractivity contribution is 5.26. The molecule has 0 radical (unpaired) electrons. The topological polar surface area (TPSA) is 12.0 Å². The Hall–Kier alpha value is -0.820. The number of hydrogen-bond donors (Lipinski definition) is 1. The van der Waals surface area contributed by atoms with Crippen LogP contribution >= 0.6 is 0 Å². The van der Waals surface area contributed by atoms with Crippen molar-refractivity contribution in [2.24, 2.45) is 5.92 Å². The lowest BCUT2D eigenvalue weighted by molar-refractivity contribution is 0.413. The lowest BCUT2D eigenvalue weighted by atomic mass is 10.00. The van der Waals surface area contributed by atoms with E-state index in [1.54, 1.807) is 5.56 Å². The van der Waals surface area contributed by atoms with Crippen molar-refractivity contribution < 1.29 is 0 Å². The summed E-state index contributed by atoms with van der Waals surface area (Å²) in [6.45, 7) is 5.73. The number of hydrogen-bond acceptors (Lipinski definition) is 1. The van der Waals surface area contributed by atoms with Crippen LogP contribution in [0.5, 0.6) is 0 Å². The molecule has 0 saturated heterocycles. The van der Waals surface area contributed by atoms with E-state index in [2.05, 4.69) is 49.5 Å². The van der Waals surface area contributed by atoms with Gasteiger partial charge in [-0.05, 0) is 43.2 Å². The molecule has 1 fully saturated rings. The average Bonchev–Trinajstić information content (AvgIpc) is 3.24. The van der Waals surface area contributed by atoms with Crippen LogP contribution < -0.4 is 5.32 Å². The monoisotopic (exact) mass is 259 g/mol. The summed E-state index contributed by atoms with van der Waals surface area (Å²) in [5, 5.41) is 3.79. The third-order valence-corrected chi connectivity index (χ3v) is 4.36. The molecule has 106 valence electrons. The molecule has 1 aromatic carbocycles. The van der Waals surface area contributed by atoms with Crippen LogP contribution in [0, 0.1) is 5.92 Å². The maximum absolute atomic E-state index is 3.79. The quantitative estimate of drug-likeness (QED) is 0.632. The largest absolute Gasteiger partial charge is 0.314 e. The maximum Gasteiger partial charge on any atom is 0.0101 e. The molecule has 3 unspecified atom stereocenters. The van der Waals surface area contributed by atoms with Gasteiger partial charge in [-0.3, -0.25) is 0 Å². The minimum Gasteiger partial charge on any atom is -0.314 e. The zero-order valence-corrected chi connectivity index (χ0v) is 12.6. The van der Waals surface area contributed by atoms with Gasteiger partial charge in [-0.25, -0.2) is 0 Å². The van der Waals surface area contributed by atoms with Crippen LogP contribution in [-0.2, 0) is 0 Å². The molecule has 1 aliphatic carbocycles. The second-order valence-corrected chi connectivity index (χ2v) is 5.97. The lowest BCUT2D eigenvalue weighted by Crippen LogP contribution is -2.32. The molecule has 0 amide bonds. The molecule has 1 N–H and O–H groups in total. The van der Waals surface area contributed by atoms with Gasteiger partial charge < -0.3 is 5.32 Å². The molecule has 1 aromatic rings. The van der Waals surface area contributed by atoms with Crippen LogP contribution in [0.15, 0.2) is 30.3 Å². The molecule has 0 heterocycles. The van der Waals surface area contributed by atoms with Gasteiger partial charge in [-0.15, -0.1) is 0 Å². The van der Waals surface area contributed by atoms with Crippen LogP contribution in [0.25, 0.3) is 0 Å². The molecular formula is C18H29N. The van der Waals surface area contributed by atoms with E-state index in [1.807, 2.05) is 0 Å². The molecule has 1 aliphatic rings. The first kappa shape index (κ1) is 14.6. The fourth-order valence-corrected chi connectivity index (χ4v) is 3.15. The first-order valence-corrected chi connectivity index (χ1v) is 8.15. The Morgan fingerprint density at radius 3 is 2.58 bits per heavy atom. The standard InChI is InChI=1S/C18H29N/c1-3-5-7-12-18(19-13-4-2)17-14-16(17)15-10-8-6-9-11-15/h6,8-11,16-19H,3-5,7,12-14H2,1-2H3. The van der Waals surface area contributed by atoms with Crippen LogP contribution in [0.1, 0.15) is 63.9 Å². The number of unbranched alkanes of at least 4 members (excludes halogenated alkanes) is 2. The van der Waals surface area contributed by atoms with Crippen molar-refractivity contribution in [1.82, 2.24) is 5.32 Å². The van der Waals surface area contributed by atoms with Crippen molar-refractivity contribution >= 4 is 0 Å². The molecule has 1 saturated carbocycles. The van der Waals surface area contributed by atoms with Gasteiger partial charge >= 0.3 is 0 Å². The van der Waals surface area contributed by atoms with Gasteiger partial charge in [0.05, 0.1) is 0 Å². The van der Waals surface area contributed by atoms with Crippen LogP contribution in [0.4, 0.5) is 0 Å². The van der Waals surface area contributed by atoms with Gasteiger partial charge in [0.2, 0.25) is 0 Å². The SMILES string of the molecule is CCCCCC(NCCC)C1CC1c1ccccc1. The zero-order chi connectivity index (χ0) is 13.5. The third kappa shape index (κ3) is 4.35. The van der Waals surface area contributed by atoms with E-state index in [4.69, 9.17) is 0 Å². The van der Waals surface area contributed by atoms with Gasteiger partial charge in [-0.1, -0.05) is 63.4 Å². The summed E-state index contributed by atoms with van der Waals surface area (Å²) in [6.07, 6.45) is 8.09. The Labute approximate surface area is 118 Å². The minimum absolute atomic E-state index is 0.747. The molecule has 1 heteroatoms. The summed E-state index contributed by atoms with van der Waals surface area (Å²) < 4.78 is 0. The predicted molar refractivity (Wildman–Crippen MR) is 83.5 cm³/mol. The summed E-state index contributed by atoms with van der Waals surface area (Å²) in [6, 6.07) is 11.8. The van der Waals surface area contributed by atoms with E-state index in [0.29, 0.717) is 0 Å². The highest BCUT2D eigenvalue weighted by Gasteiger charge is 2.42. The first-order chi connectivity index (χ1) is 9.36. The Balaban J connectivity index is 1.85. The minimum atomic E-state index is 0.747. The highest BCUT2D eigenvalue weighted by Crippen LogP contribution is 2.50. The van der Waals surface area contributed by atoms with Gasteiger partial charge in [-0.2, -0.15) is 0 Å². The van der Waals surface area contributed by atoms with E-state index in [1.165, 1.54) is 45.1 Å². The van der Waals surface area contributed by atoms with Crippen molar-refractivity contribution in [3.05, 3.63) is 35.9 Å². The van der Waals surface area contributed by atoms with E-state index < -0.39 is 0 Å². The van der Waals surface area contributed by atoms with Crippen LogP contribution in [0.2, 0.25) is 0 Å². The lowest BCUT2D eigenvalue weighted by Gasteiger charge is -2.18. The van der Waals surface area contributed by atoms with Gasteiger partial charge in [0.1, 0.15) is 0 Å². The molecule has 0 bridgehead atoms. The van der Waals surface area contributed by atoms with Crippen molar-refractivity contribution in [3.8, 4) is 0 Å². The Morgan fingerprint density at radius 2 is 1.89 bits per heavy atom. The Kier molecular flexibility index (Phi) is 5.91. The van der Waals surface area contributed by atoms with Crippen molar-refractivity contribution in [2.75, 3.05) is 6.54 Å². The summed E-state index contributed by atoms with van der Waals surface area (Å²) in [5.74, 6) is 1.70. The molecule has 1 nitrogen and oxygen atoms in total. The second kappa shape index (κ2) is 7.69. The smallest absolute Gasteiger partial charge is 0.0101 e. The molecule has 3 atom stereocenters. The number of benzene rings is 1. The van der Waals surface area contributed by atoms with Crippen molar-refractivity contribution in [2.45, 2.75) is 64.3 Å². The molecule has 0 spiro atoms. The normalized spacial score (nSPS) is 23.3.